The van der Waals surface area contributed by atoms with Gasteiger partial charge >= 0.3 is 5.97 Å². The van der Waals surface area contributed by atoms with Gasteiger partial charge < -0.3 is 10.1 Å². The fraction of sp³-hybridized carbons (Fsp3) is 0.421. The highest BCUT2D eigenvalue weighted by Gasteiger charge is 2.29. The molecule has 3 rings (SSSR count). The number of hydrogen-bond acceptors (Lipinski definition) is 4. The summed E-state index contributed by atoms with van der Waals surface area (Å²) < 4.78 is 6.80. The summed E-state index contributed by atoms with van der Waals surface area (Å²) in [6.07, 6.45) is 3.01. The standard InChI is InChI=1S/C19H23N3O3/c1-3-13(2)20-18(23)12-25-19(24)17-11-16(14-9-10-14)21-22(17)15-7-5-4-6-8-15/h4-8,11,13-14H,3,9-10,12H2,1-2H3,(H,20,23)/t13-/m0/s1. The predicted molar refractivity (Wildman–Crippen MR) is 93.7 cm³/mol. The van der Waals surface area contributed by atoms with E-state index in [4.69, 9.17) is 4.74 Å². The second-order valence-electron chi connectivity index (χ2n) is 6.43. The number of amides is 1. The van der Waals surface area contributed by atoms with E-state index in [0.717, 1.165) is 30.6 Å². The van der Waals surface area contributed by atoms with Gasteiger partial charge in [0.15, 0.2) is 12.3 Å². The second kappa shape index (κ2) is 7.51. The third kappa shape index (κ3) is 4.26. The van der Waals surface area contributed by atoms with Crippen LogP contribution < -0.4 is 5.32 Å². The Balaban J connectivity index is 1.74. The average molecular weight is 341 g/mol. The minimum absolute atomic E-state index is 0.0579. The number of para-hydroxylation sites is 1. The number of carbonyl (C=O) groups excluding carboxylic acids is 2. The van der Waals surface area contributed by atoms with Crippen molar-refractivity contribution in [1.82, 2.24) is 15.1 Å². The van der Waals surface area contributed by atoms with Crippen LogP contribution in [0.1, 0.15) is 55.2 Å². The number of nitrogens with zero attached hydrogens (tertiary/aromatic N) is 2. The van der Waals surface area contributed by atoms with Crippen LogP contribution in [-0.4, -0.2) is 34.3 Å². The zero-order valence-corrected chi connectivity index (χ0v) is 14.6. The molecule has 1 aromatic heterocycles. The highest BCUT2D eigenvalue weighted by Crippen LogP contribution is 2.39. The van der Waals surface area contributed by atoms with E-state index in [1.807, 2.05) is 44.2 Å². The summed E-state index contributed by atoms with van der Waals surface area (Å²) in [7, 11) is 0. The van der Waals surface area contributed by atoms with Gasteiger partial charge in [-0.2, -0.15) is 5.10 Å². The monoisotopic (exact) mass is 341 g/mol. The minimum atomic E-state index is -0.539. The van der Waals surface area contributed by atoms with Gasteiger partial charge in [0.2, 0.25) is 0 Å². The molecule has 1 saturated carbocycles. The highest BCUT2D eigenvalue weighted by atomic mass is 16.5. The number of nitrogens with one attached hydrogen (secondary N) is 1. The maximum Gasteiger partial charge on any atom is 0.357 e. The molecule has 1 amide bonds. The molecule has 1 atom stereocenters. The van der Waals surface area contributed by atoms with E-state index in [0.29, 0.717) is 11.6 Å². The van der Waals surface area contributed by atoms with Crippen molar-refractivity contribution < 1.29 is 14.3 Å². The fourth-order valence-electron chi connectivity index (χ4n) is 2.51. The lowest BCUT2D eigenvalue weighted by Crippen LogP contribution is -2.35. The summed E-state index contributed by atoms with van der Waals surface area (Å²) in [6, 6.07) is 11.3. The van der Waals surface area contributed by atoms with E-state index < -0.39 is 5.97 Å². The van der Waals surface area contributed by atoms with Crippen LogP contribution in [0.3, 0.4) is 0 Å². The maximum absolute atomic E-state index is 12.5. The Morgan fingerprint density at radius 1 is 1.32 bits per heavy atom. The second-order valence-corrected chi connectivity index (χ2v) is 6.43. The van der Waals surface area contributed by atoms with Crippen LogP contribution in [0.4, 0.5) is 0 Å². The molecule has 1 aliphatic carbocycles. The van der Waals surface area contributed by atoms with Crippen molar-refractivity contribution in [1.29, 1.82) is 0 Å². The lowest BCUT2D eigenvalue weighted by Gasteiger charge is -2.11. The third-order valence-electron chi connectivity index (χ3n) is 4.29. The van der Waals surface area contributed by atoms with Gasteiger partial charge in [-0.05, 0) is 44.4 Å². The fourth-order valence-corrected chi connectivity index (χ4v) is 2.51. The van der Waals surface area contributed by atoms with Crippen LogP contribution in [0.25, 0.3) is 5.69 Å². The molecule has 0 unspecified atom stereocenters. The lowest BCUT2D eigenvalue weighted by molar-refractivity contribution is -0.124. The van der Waals surface area contributed by atoms with Gasteiger partial charge in [0.05, 0.1) is 11.4 Å². The first-order valence-electron chi connectivity index (χ1n) is 8.70. The SMILES string of the molecule is CC[C@H](C)NC(=O)COC(=O)c1cc(C2CC2)nn1-c1ccccc1. The van der Waals surface area contributed by atoms with E-state index in [-0.39, 0.29) is 18.6 Å². The summed E-state index contributed by atoms with van der Waals surface area (Å²) in [5, 5.41) is 7.35. The molecular formula is C19H23N3O3. The number of benzene rings is 1. The number of ether oxygens (including phenoxy) is 1. The molecule has 0 aliphatic heterocycles. The topological polar surface area (TPSA) is 73.2 Å². The zero-order valence-electron chi connectivity index (χ0n) is 14.6. The average Bonchev–Trinajstić information content (AvgIpc) is 3.38. The van der Waals surface area contributed by atoms with Crippen molar-refractivity contribution in [3.63, 3.8) is 0 Å². The van der Waals surface area contributed by atoms with Gasteiger partial charge in [-0.15, -0.1) is 0 Å². The molecule has 0 bridgehead atoms. The molecule has 6 nitrogen and oxygen atoms in total. The molecule has 0 radical (unpaired) electrons. The van der Waals surface area contributed by atoms with E-state index >= 15 is 0 Å². The summed E-state index contributed by atoms with van der Waals surface area (Å²) >= 11 is 0. The summed E-state index contributed by atoms with van der Waals surface area (Å²) in [5.41, 5.74) is 2.05. The zero-order chi connectivity index (χ0) is 17.8. The first-order valence-corrected chi connectivity index (χ1v) is 8.70. The molecule has 6 heteroatoms. The van der Waals surface area contributed by atoms with E-state index in [1.54, 1.807) is 10.7 Å². The number of esters is 1. The molecule has 1 N–H and O–H groups in total. The highest BCUT2D eigenvalue weighted by molar-refractivity contribution is 5.90. The Hall–Kier alpha value is -2.63. The molecule has 1 heterocycles. The maximum atomic E-state index is 12.5. The van der Waals surface area contributed by atoms with Crippen molar-refractivity contribution in [2.75, 3.05) is 6.61 Å². The van der Waals surface area contributed by atoms with Crippen molar-refractivity contribution in [3.8, 4) is 5.69 Å². The molecule has 0 spiro atoms. The van der Waals surface area contributed by atoms with E-state index in [2.05, 4.69) is 10.4 Å². The Morgan fingerprint density at radius 3 is 2.68 bits per heavy atom. The number of rotatable bonds is 7. The largest absolute Gasteiger partial charge is 0.451 e. The van der Waals surface area contributed by atoms with Crippen LogP contribution in [0.15, 0.2) is 36.4 Å². The first-order chi connectivity index (χ1) is 12.1. The van der Waals surface area contributed by atoms with E-state index in [9.17, 15) is 9.59 Å². The van der Waals surface area contributed by atoms with Crippen LogP contribution >= 0.6 is 0 Å². The van der Waals surface area contributed by atoms with Gasteiger partial charge in [-0.3, -0.25) is 4.79 Å². The molecule has 1 aliphatic rings. The summed E-state index contributed by atoms with van der Waals surface area (Å²) in [6.45, 7) is 3.60. The smallest absolute Gasteiger partial charge is 0.357 e. The molecular weight excluding hydrogens is 318 g/mol. The van der Waals surface area contributed by atoms with Crippen LogP contribution in [-0.2, 0) is 9.53 Å². The lowest BCUT2D eigenvalue weighted by atomic mass is 10.2. The van der Waals surface area contributed by atoms with Crippen LogP contribution in [0.5, 0.6) is 0 Å². The van der Waals surface area contributed by atoms with Gasteiger partial charge in [0.25, 0.3) is 5.91 Å². The molecule has 1 fully saturated rings. The van der Waals surface area contributed by atoms with Crippen molar-refractivity contribution in [3.05, 3.63) is 47.8 Å². The quantitative estimate of drug-likeness (QED) is 0.786. The third-order valence-corrected chi connectivity index (χ3v) is 4.29. The Kier molecular flexibility index (Phi) is 5.16. The molecule has 1 aromatic carbocycles. The van der Waals surface area contributed by atoms with Crippen molar-refractivity contribution in [2.24, 2.45) is 0 Å². The van der Waals surface area contributed by atoms with Gasteiger partial charge in [-0.1, -0.05) is 25.1 Å². The Labute approximate surface area is 147 Å². The van der Waals surface area contributed by atoms with Crippen LogP contribution in [0.2, 0.25) is 0 Å². The number of aromatic nitrogens is 2. The molecule has 132 valence electrons. The molecule has 25 heavy (non-hydrogen) atoms. The molecule has 0 saturated heterocycles. The Morgan fingerprint density at radius 2 is 2.04 bits per heavy atom. The predicted octanol–water partition coefficient (Wildman–Crippen LogP) is 2.82. The van der Waals surface area contributed by atoms with Crippen molar-refractivity contribution in [2.45, 2.75) is 45.1 Å². The normalized spacial score (nSPS) is 14.8. The number of carbonyl (C=O) groups is 2. The van der Waals surface area contributed by atoms with E-state index in [1.165, 1.54) is 0 Å². The molecule has 2 aromatic rings. The Bertz CT molecular complexity index is 751. The van der Waals surface area contributed by atoms with Crippen molar-refractivity contribution >= 4 is 11.9 Å². The first kappa shape index (κ1) is 17.2. The minimum Gasteiger partial charge on any atom is -0.451 e. The summed E-state index contributed by atoms with van der Waals surface area (Å²) in [4.78, 5) is 24.3. The van der Waals surface area contributed by atoms with Gasteiger partial charge in [0, 0.05) is 12.0 Å². The van der Waals surface area contributed by atoms with Crippen LogP contribution in [0, 0.1) is 0 Å². The number of hydrogen-bond donors (Lipinski definition) is 1. The summed E-state index contributed by atoms with van der Waals surface area (Å²) in [5.74, 6) is -0.413. The van der Waals surface area contributed by atoms with Gasteiger partial charge in [-0.25, -0.2) is 9.48 Å². The van der Waals surface area contributed by atoms with Gasteiger partial charge in [0.1, 0.15) is 0 Å².